The molecule has 0 aliphatic carbocycles. The Morgan fingerprint density at radius 3 is 2.37 bits per heavy atom. The second kappa shape index (κ2) is 8.05. The SMILES string of the molecule is CC(C)C(=O)N1C[C@H](c2ccc(F)c(Cl)c2)N(C(=O)OC(C)(C)C)C[C@H]1C. The first-order valence-electron chi connectivity index (χ1n) is 9.15. The number of nitrogens with zero attached hydrogens (tertiary/aromatic N) is 2. The van der Waals surface area contributed by atoms with Crippen molar-refractivity contribution in [2.45, 2.75) is 59.2 Å². The first kappa shape index (κ1) is 21.5. The number of ether oxygens (including phenoxy) is 1. The van der Waals surface area contributed by atoms with Gasteiger partial charge in [-0.3, -0.25) is 9.69 Å². The van der Waals surface area contributed by atoms with E-state index in [4.69, 9.17) is 16.3 Å². The van der Waals surface area contributed by atoms with Crippen molar-refractivity contribution in [2.75, 3.05) is 13.1 Å². The number of carbonyl (C=O) groups is 2. The molecule has 1 fully saturated rings. The van der Waals surface area contributed by atoms with Gasteiger partial charge in [0.1, 0.15) is 11.4 Å². The Morgan fingerprint density at radius 2 is 1.85 bits per heavy atom. The van der Waals surface area contributed by atoms with Crippen molar-refractivity contribution in [3.8, 4) is 0 Å². The van der Waals surface area contributed by atoms with E-state index < -0.39 is 23.6 Å². The van der Waals surface area contributed by atoms with Crippen molar-refractivity contribution in [3.63, 3.8) is 0 Å². The fraction of sp³-hybridized carbons (Fsp3) is 0.600. The second-order valence-electron chi connectivity index (χ2n) is 8.32. The Hall–Kier alpha value is -1.82. The van der Waals surface area contributed by atoms with Gasteiger partial charge >= 0.3 is 6.09 Å². The second-order valence-corrected chi connectivity index (χ2v) is 8.72. The van der Waals surface area contributed by atoms with E-state index in [9.17, 15) is 14.0 Å². The molecule has 2 amide bonds. The molecular weight excluding hydrogens is 371 g/mol. The molecule has 1 saturated heterocycles. The largest absolute Gasteiger partial charge is 0.444 e. The zero-order chi connectivity index (χ0) is 20.5. The Morgan fingerprint density at radius 1 is 1.22 bits per heavy atom. The van der Waals surface area contributed by atoms with Gasteiger partial charge < -0.3 is 9.64 Å². The van der Waals surface area contributed by atoms with Crippen LogP contribution in [0.15, 0.2) is 18.2 Å². The van der Waals surface area contributed by atoms with E-state index in [1.54, 1.807) is 36.6 Å². The average molecular weight is 399 g/mol. The Balaban J connectivity index is 2.40. The molecule has 1 aromatic carbocycles. The molecule has 27 heavy (non-hydrogen) atoms. The Bertz CT molecular complexity index is 718. The van der Waals surface area contributed by atoms with Crippen LogP contribution in [0.1, 0.15) is 53.1 Å². The monoisotopic (exact) mass is 398 g/mol. The number of piperazine rings is 1. The molecule has 0 bridgehead atoms. The number of hydrogen-bond donors (Lipinski definition) is 0. The number of carbonyl (C=O) groups excluding carboxylic acids is 2. The molecule has 0 saturated carbocycles. The molecule has 0 N–H and O–H groups in total. The lowest BCUT2D eigenvalue weighted by molar-refractivity contribution is -0.140. The molecule has 1 aliphatic rings. The first-order valence-corrected chi connectivity index (χ1v) is 9.53. The summed E-state index contributed by atoms with van der Waals surface area (Å²) in [5, 5.41) is -0.0167. The average Bonchev–Trinajstić information content (AvgIpc) is 2.55. The van der Waals surface area contributed by atoms with Gasteiger partial charge in [-0.05, 0) is 45.4 Å². The number of halogens is 2. The lowest BCUT2D eigenvalue weighted by Gasteiger charge is -2.46. The molecule has 1 aliphatic heterocycles. The van der Waals surface area contributed by atoms with Crippen LogP contribution in [0.5, 0.6) is 0 Å². The third kappa shape index (κ3) is 5.12. The summed E-state index contributed by atoms with van der Waals surface area (Å²) in [6.07, 6.45) is -0.462. The summed E-state index contributed by atoms with van der Waals surface area (Å²) in [4.78, 5) is 28.8. The summed E-state index contributed by atoms with van der Waals surface area (Å²) >= 11 is 5.95. The van der Waals surface area contributed by atoms with Crippen molar-refractivity contribution in [1.29, 1.82) is 0 Å². The minimum atomic E-state index is -0.643. The predicted octanol–water partition coefficient (Wildman–Crippen LogP) is 4.64. The number of hydrogen-bond acceptors (Lipinski definition) is 3. The van der Waals surface area contributed by atoms with Crippen LogP contribution in [0.3, 0.4) is 0 Å². The first-order chi connectivity index (χ1) is 12.4. The summed E-state index contributed by atoms with van der Waals surface area (Å²) in [7, 11) is 0. The Kier molecular flexibility index (Phi) is 6.40. The van der Waals surface area contributed by atoms with E-state index in [2.05, 4.69) is 0 Å². The van der Waals surface area contributed by atoms with Crippen LogP contribution < -0.4 is 0 Å². The van der Waals surface area contributed by atoms with Gasteiger partial charge in [0.15, 0.2) is 0 Å². The van der Waals surface area contributed by atoms with E-state index >= 15 is 0 Å². The molecule has 0 aromatic heterocycles. The summed E-state index contributed by atoms with van der Waals surface area (Å²) in [6, 6.07) is 3.76. The van der Waals surface area contributed by atoms with Gasteiger partial charge in [-0.25, -0.2) is 9.18 Å². The fourth-order valence-corrected chi connectivity index (χ4v) is 3.33. The standard InChI is InChI=1S/C20H28ClFN2O3/c1-12(2)18(25)23-11-17(14-7-8-16(22)15(21)9-14)24(10-13(23)3)19(26)27-20(4,5)6/h7-9,12-13,17H,10-11H2,1-6H3/t13-,17-/m1/s1. The minimum Gasteiger partial charge on any atom is -0.444 e. The van der Waals surface area contributed by atoms with Crippen molar-refractivity contribution in [1.82, 2.24) is 9.80 Å². The maximum atomic E-state index is 13.6. The van der Waals surface area contributed by atoms with Crippen LogP contribution in [-0.2, 0) is 9.53 Å². The zero-order valence-corrected chi connectivity index (χ0v) is 17.5. The maximum Gasteiger partial charge on any atom is 0.410 e. The van der Waals surface area contributed by atoms with Crippen LogP contribution in [0.2, 0.25) is 5.02 Å². The molecule has 2 atom stereocenters. The summed E-state index contributed by atoms with van der Waals surface area (Å²) in [5.41, 5.74) is 0.0247. The topological polar surface area (TPSA) is 49.9 Å². The Labute approximate surface area is 165 Å². The van der Waals surface area contributed by atoms with Crippen molar-refractivity contribution >= 4 is 23.6 Å². The van der Waals surface area contributed by atoms with E-state index in [-0.39, 0.29) is 22.9 Å². The molecule has 0 spiro atoms. The maximum absolute atomic E-state index is 13.6. The summed E-state index contributed by atoms with van der Waals surface area (Å²) < 4.78 is 19.2. The number of benzene rings is 1. The van der Waals surface area contributed by atoms with Gasteiger partial charge in [-0.2, -0.15) is 0 Å². The molecular formula is C20H28ClFN2O3. The quantitative estimate of drug-likeness (QED) is 0.728. The van der Waals surface area contributed by atoms with E-state index in [1.807, 2.05) is 20.8 Å². The molecule has 1 heterocycles. The predicted molar refractivity (Wildman–Crippen MR) is 103 cm³/mol. The fourth-order valence-electron chi connectivity index (χ4n) is 3.14. The van der Waals surface area contributed by atoms with Crippen LogP contribution in [0, 0.1) is 11.7 Å². The number of amides is 2. The highest BCUT2D eigenvalue weighted by molar-refractivity contribution is 6.30. The van der Waals surface area contributed by atoms with E-state index in [1.165, 1.54) is 12.1 Å². The van der Waals surface area contributed by atoms with Gasteiger partial charge in [0.25, 0.3) is 0 Å². The van der Waals surface area contributed by atoms with Crippen LogP contribution >= 0.6 is 11.6 Å². The summed E-state index contributed by atoms with van der Waals surface area (Å²) in [6.45, 7) is 11.6. The highest BCUT2D eigenvalue weighted by Gasteiger charge is 2.39. The zero-order valence-electron chi connectivity index (χ0n) is 16.8. The van der Waals surface area contributed by atoms with Crippen LogP contribution in [0.4, 0.5) is 9.18 Å². The molecule has 5 nitrogen and oxygen atoms in total. The molecule has 150 valence electrons. The van der Waals surface area contributed by atoms with Crippen molar-refractivity contribution < 1.29 is 18.7 Å². The molecule has 0 unspecified atom stereocenters. The highest BCUT2D eigenvalue weighted by Crippen LogP contribution is 2.32. The van der Waals surface area contributed by atoms with Gasteiger partial charge in [-0.15, -0.1) is 0 Å². The van der Waals surface area contributed by atoms with E-state index in [0.29, 0.717) is 18.7 Å². The molecule has 7 heteroatoms. The lowest BCUT2D eigenvalue weighted by atomic mass is 9.98. The van der Waals surface area contributed by atoms with Crippen molar-refractivity contribution in [3.05, 3.63) is 34.6 Å². The highest BCUT2D eigenvalue weighted by atomic mass is 35.5. The van der Waals surface area contributed by atoms with Gasteiger partial charge in [0.05, 0.1) is 11.1 Å². The molecule has 2 rings (SSSR count). The summed E-state index contributed by atoms with van der Waals surface area (Å²) in [5.74, 6) is -0.661. The van der Waals surface area contributed by atoms with Gasteiger partial charge in [-0.1, -0.05) is 31.5 Å². The molecule has 0 radical (unpaired) electrons. The third-order valence-corrected chi connectivity index (χ3v) is 4.76. The van der Waals surface area contributed by atoms with Gasteiger partial charge in [0.2, 0.25) is 5.91 Å². The van der Waals surface area contributed by atoms with Crippen molar-refractivity contribution in [2.24, 2.45) is 5.92 Å². The van der Waals surface area contributed by atoms with Gasteiger partial charge in [0, 0.05) is 25.0 Å². The third-order valence-electron chi connectivity index (χ3n) is 4.47. The van der Waals surface area contributed by atoms with E-state index in [0.717, 1.165) is 0 Å². The smallest absolute Gasteiger partial charge is 0.410 e. The van der Waals surface area contributed by atoms with Crippen LogP contribution in [0.25, 0.3) is 0 Å². The van der Waals surface area contributed by atoms with Crippen LogP contribution in [-0.4, -0.2) is 46.5 Å². The number of rotatable bonds is 2. The molecule has 1 aromatic rings. The minimum absolute atomic E-state index is 0.0167. The normalized spacial score (nSPS) is 20.8. The lowest BCUT2D eigenvalue weighted by Crippen LogP contribution is -2.58.